The number of Topliss-reactive ketones (excluding diaryl/α,β-unsaturated/α-hetero) is 1. The number of carbonyl (C=O) groups is 1. The maximum atomic E-state index is 11.1. The van der Waals surface area contributed by atoms with Gasteiger partial charge in [0.05, 0.1) is 6.20 Å². The van der Waals surface area contributed by atoms with Crippen LogP contribution in [0.2, 0.25) is 0 Å². The van der Waals surface area contributed by atoms with Gasteiger partial charge in [-0.25, -0.2) is 4.98 Å². The van der Waals surface area contributed by atoms with Crippen molar-refractivity contribution < 1.29 is 9.53 Å². The molecule has 0 saturated heterocycles. The number of carbonyl (C=O) groups excluding carboxylic acids is 1. The predicted octanol–water partition coefficient (Wildman–Crippen LogP) is 3.64. The van der Waals surface area contributed by atoms with Gasteiger partial charge < -0.3 is 4.74 Å². The first-order chi connectivity index (χ1) is 8.69. The third-order valence-electron chi connectivity index (χ3n) is 2.66. The number of ketones is 1. The molecule has 3 heteroatoms. The summed E-state index contributed by atoms with van der Waals surface area (Å²) in [4.78, 5) is 15.1. The van der Waals surface area contributed by atoms with Gasteiger partial charge in [0.15, 0.2) is 5.78 Å². The fourth-order valence-corrected chi connectivity index (χ4v) is 1.58. The molecule has 0 aliphatic carbocycles. The molecule has 0 unspecified atom stereocenters. The van der Waals surface area contributed by atoms with Gasteiger partial charge >= 0.3 is 0 Å². The largest absolute Gasteiger partial charge is 0.456 e. The highest BCUT2D eigenvalue weighted by molar-refractivity contribution is 5.92. The van der Waals surface area contributed by atoms with Crippen LogP contribution >= 0.6 is 0 Å². The minimum atomic E-state index is -0.0474. The zero-order chi connectivity index (χ0) is 13.0. The highest BCUT2D eigenvalue weighted by atomic mass is 16.5. The van der Waals surface area contributed by atoms with Crippen LogP contribution < -0.4 is 4.74 Å². The summed E-state index contributed by atoms with van der Waals surface area (Å²) < 4.78 is 5.64. The van der Waals surface area contributed by atoms with Crippen LogP contribution in [0, 0.1) is 0 Å². The van der Waals surface area contributed by atoms with Gasteiger partial charge in [-0.15, -0.1) is 0 Å². The van der Waals surface area contributed by atoms with Crippen molar-refractivity contribution in [1.82, 2.24) is 4.98 Å². The van der Waals surface area contributed by atoms with Gasteiger partial charge in [-0.2, -0.15) is 0 Å². The quantitative estimate of drug-likeness (QED) is 0.767. The smallest absolute Gasteiger partial charge is 0.178 e. The number of aryl methyl sites for hydroxylation is 1. The molecule has 0 N–H and O–H groups in total. The summed E-state index contributed by atoms with van der Waals surface area (Å²) in [6, 6.07) is 11.3. The lowest BCUT2D eigenvalue weighted by Gasteiger charge is -2.06. The van der Waals surface area contributed by atoms with Gasteiger partial charge in [0.2, 0.25) is 0 Å². The first-order valence-corrected chi connectivity index (χ1v) is 5.93. The lowest BCUT2D eigenvalue weighted by molar-refractivity contribution is 0.101. The van der Waals surface area contributed by atoms with E-state index >= 15 is 0 Å². The summed E-state index contributed by atoms with van der Waals surface area (Å²) in [5, 5.41) is 0. The normalized spacial score (nSPS) is 10.1. The molecule has 0 aliphatic rings. The van der Waals surface area contributed by atoms with Gasteiger partial charge in [0, 0.05) is 6.92 Å². The molecule has 1 aromatic heterocycles. The van der Waals surface area contributed by atoms with Crippen molar-refractivity contribution in [2.45, 2.75) is 20.3 Å². The lowest BCUT2D eigenvalue weighted by Crippen LogP contribution is -1.96. The predicted molar refractivity (Wildman–Crippen MR) is 70.1 cm³/mol. The Morgan fingerprint density at radius 3 is 2.28 bits per heavy atom. The monoisotopic (exact) mass is 241 g/mol. The Bertz CT molecular complexity index is 529. The van der Waals surface area contributed by atoms with Crippen molar-refractivity contribution in [2.24, 2.45) is 0 Å². The van der Waals surface area contributed by atoms with Crippen molar-refractivity contribution in [1.29, 1.82) is 0 Å². The number of pyridine rings is 1. The average molecular weight is 241 g/mol. The number of nitrogens with zero attached hydrogens (tertiary/aromatic N) is 1. The van der Waals surface area contributed by atoms with E-state index in [2.05, 4.69) is 11.9 Å². The molecular weight excluding hydrogens is 226 g/mol. The molecule has 2 aromatic rings. The average Bonchev–Trinajstić information content (AvgIpc) is 2.40. The van der Waals surface area contributed by atoms with Crippen molar-refractivity contribution in [2.75, 3.05) is 0 Å². The molecule has 0 bridgehead atoms. The van der Waals surface area contributed by atoms with Crippen LogP contribution in [0.1, 0.15) is 29.9 Å². The van der Waals surface area contributed by atoms with Gasteiger partial charge in [-0.3, -0.25) is 4.79 Å². The number of hydrogen-bond acceptors (Lipinski definition) is 3. The van der Waals surface area contributed by atoms with Crippen molar-refractivity contribution in [3.05, 3.63) is 53.9 Å². The van der Waals surface area contributed by atoms with Crippen LogP contribution in [0.15, 0.2) is 42.6 Å². The molecule has 18 heavy (non-hydrogen) atoms. The van der Waals surface area contributed by atoms with E-state index in [1.165, 1.54) is 12.5 Å². The Morgan fingerprint density at radius 2 is 1.78 bits per heavy atom. The van der Waals surface area contributed by atoms with Crippen molar-refractivity contribution in [3.63, 3.8) is 0 Å². The highest BCUT2D eigenvalue weighted by Crippen LogP contribution is 2.21. The van der Waals surface area contributed by atoms with Crippen molar-refractivity contribution in [3.8, 4) is 11.5 Å². The third-order valence-corrected chi connectivity index (χ3v) is 2.66. The fraction of sp³-hybridized carbons (Fsp3) is 0.200. The number of rotatable bonds is 4. The summed E-state index contributed by atoms with van der Waals surface area (Å²) in [7, 11) is 0. The van der Waals surface area contributed by atoms with E-state index in [4.69, 9.17) is 4.74 Å². The zero-order valence-electron chi connectivity index (χ0n) is 10.5. The van der Waals surface area contributed by atoms with E-state index < -0.39 is 0 Å². The SMILES string of the molecule is CCc1ccc(Oc2ccc(C(C)=O)nc2)cc1. The topological polar surface area (TPSA) is 39.2 Å². The second-order valence-electron chi connectivity index (χ2n) is 4.03. The molecular formula is C15H15NO2. The van der Waals surface area contributed by atoms with Crippen molar-refractivity contribution >= 4 is 5.78 Å². The molecule has 0 aliphatic heterocycles. The van der Waals surface area contributed by atoms with Gasteiger partial charge in [0.1, 0.15) is 17.2 Å². The van der Waals surface area contributed by atoms with Gasteiger partial charge in [-0.05, 0) is 36.2 Å². The first kappa shape index (κ1) is 12.3. The Hall–Kier alpha value is -2.16. The second kappa shape index (κ2) is 5.45. The summed E-state index contributed by atoms with van der Waals surface area (Å²) in [6.45, 7) is 3.60. The molecule has 0 saturated carbocycles. The molecule has 92 valence electrons. The molecule has 1 aromatic carbocycles. The van der Waals surface area contributed by atoms with E-state index in [1.807, 2.05) is 24.3 Å². The molecule has 1 heterocycles. The molecule has 0 amide bonds. The number of hydrogen-bond donors (Lipinski definition) is 0. The molecule has 0 radical (unpaired) electrons. The van der Waals surface area contributed by atoms with E-state index in [9.17, 15) is 4.79 Å². The van der Waals surface area contributed by atoms with Gasteiger partial charge in [-0.1, -0.05) is 19.1 Å². The van der Waals surface area contributed by atoms with Gasteiger partial charge in [0.25, 0.3) is 0 Å². The van der Waals surface area contributed by atoms with E-state index in [-0.39, 0.29) is 5.78 Å². The summed E-state index contributed by atoms with van der Waals surface area (Å²) in [5.41, 5.74) is 1.72. The Kier molecular flexibility index (Phi) is 3.72. The molecule has 0 fully saturated rings. The van der Waals surface area contributed by atoms with E-state index in [1.54, 1.807) is 18.3 Å². The molecule has 0 spiro atoms. The summed E-state index contributed by atoms with van der Waals surface area (Å²) in [6.07, 6.45) is 2.57. The van der Waals surface area contributed by atoms with E-state index in [0.29, 0.717) is 11.4 Å². The molecule has 2 rings (SSSR count). The lowest BCUT2D eigenvalue weighted by atomic mass is 10.2. The van der Waals surface area contributed by atoms with E-state index in [0.717, 1.165) is 12.2 Å². The zero-order valence-corrected chi connectivity index (χ0v) is 10.5. The molecule has 0 atom stereocenters. The molecule has 3 nitrogen and oxygen atoms in total. The number of ether oxygens (including phenoxy) is 1. The maximum absolute atomic E-state index is 11.1. The summed E-state index contributed by atoms with van der Waals surface area (Å²) in [5.74, 6) is 1.35. The number of aromatic nitrogens is 1. The fourth-order valence-electron chi connectivity index (χ4n) is 1.58. The standard InChI is InChI=1S/C15H15NO2/c1-3-12-4-6-13(7-5-12)18-14-8-9-15(11(2)17)16-10-14/h4-10H,3H2,1-2H3. The van der Waals surface area contributed by atoms with Crippen LogP contribution in [0.25, 0.3) is 0 Å². The van der Waals surface area contributed by atoms with Crippen LogP contribution in [-0.4, -0.2) is 10.8 Å². The van der Waals surface area contributed by atoms with Crippen LogP contribution in [0.5, 0.6) is 11.5 Å². The minimum Gasteiger partial charge on any atom is -0.456 e. The van der Waals surface area contributed by atoms with Crippen LogP contribution in [0.4, 0.5) is 0 Å². The Balaban J connectivity index is 2.10. The first-order valence-electron chi connectivity index (χ1n) is 5.93. The maximum Gasteiger partial charge on any atom is 0.178 e. The highest BCUT2D eigenvalue weighted by Gasteiger charge is 2.02. The van der Waals surface area contributed by atoms with Crippen LogP contribution in [-0.2, 0) is 6.42 Å². The summed E-state index contributed by atoms with van der Waals surface area (Å²) >= 11 is 0. The Morgan fingerprint density at radius 1 is 1.11 bits per heavy atom. The second-order valence-corrected chi connectivity index (χ2v) is 4.03. The third kappa shape index (κ3) is 2.94. The number of benzene rings is 1. The van der Waals surface area contributed by atoms with Crippen LogP contribution in [0.3, 0.4) is 0 Å². The Labute approximate surface area is 106 Å². The minimum absolute atomic E-state index is 0.0474.